The van der Waals surface area contributed by atoms with Gasteiger partial charge in [0.2, 0.25) is 0 Å². The van der Waals surface area contributed by atoms with Crippen LogP contribution in [0.2, 0.25) is 0 Å². The van der Waals surface area contributed by atoms with Gasteiger partial charge in [0.1, 0.15) is 23.0 Å². The molecule has 1 aromatic carbocycles. The van der Waals surface area contributed by atoms with Crippen molar-refractivity contribution in [3.05, 3.63) is 39.7 Å². The number of aryl methyl sites for hydroxylation is 2. The van der Waals surface area contributed by atoms with Gasteiger partial charge in [-0.3, -0.25) is 0 Å². The van der Waals surface area contributed by atoms with Crippen LogP contribution in [0.1, 0.15) is 65.5 Å². The Hall–Kier alpha value is -2.83. The second kappa shape index (κ2) is 9.98. The van der Waals surface area contributed by atoms with Crippen LogP contribution in [-0.4, -0.2) is 23.7 Å². The standard InChI is InChI=1S/C24H33NO6/c1-8-9-10-16-13-19(26)29-17-11-15(4)12-18(20(16)17)30-22(27)21(14(2)3)25-23(28)31-24(5,6)7/h11-14,21H,8-10H2,1-7H3,(H,25,28)/t21-/m1/s1. The van der Waals surface area contributed by atoms with Gasteiger partial charge in [-0.2, -0.15) is 0 Å². The Bertz CT molecular complexity index is 1000. The van der Waals surface area contributed by atoms with Crippen LogP contribution in [-0.2, 0) is 16.0 Å². The average molecular weight is 432 g/mol. The van der Waals surface area contributed by atoms with E-state index in [4.69, 9.17) is 13.9 Å². The van der Waals surface area contributed by atoms with Crippen LogP contribution in [0.3, 0.4) is 0 Å². The molecule has 31 heavy (non-hydrogen) atoms. The normalized spacial score (nSPS) is 12.6. The molecule has 2 aromatic rings. The molecule has 0 aliphatic carbocycles. The largest absolute Gasteiger partial charge is 0.444 e. The summed E-state index contributed by atoms with van der Waals surface area (Å²) in [7, 11) is 0. The lowest BCUT2D eigenvalue weighted by Gasteiger charge is -2.25. The van der Waals surface area contributed by atoms with E-state index in [1.807, 2.05) is 20.8 Å². The Morgan fingerprint density at radius 1 is 1.16 bits per heavy atom. The number of ether oxygens (including phenoxy) is 2. The molecule has 1 heterocycles. The van der Waals surface area contributed by atoms with Gasteiger partial charge in [-0.25, -0.2) is 14.4 Å². The second-order valence-corrected chi connectivity index (χ2v) is 9.12. The predicted molar refractivity (Wildman–Crippen MR) is 119 cm³/mol. The van der Waals surface area contributed by atoms with Crippen LogP contribution in [0.4, 0.5) is 4.79 Å². The van der Waals surface area contributed by atoms with Crippen LogP contribution in [0.25, 0.3) is 11.0 Å². The number of hydrogen-bond donors (Lipinski definition) is 1. The van der Waals surface area contributed by atoms with Crippen molar-refractivity contribution >= 4 is 23.0 Å². The molecular formula is C24H33NO6. The van der Waals surface area contributed by atoms with Gasteiger partial charge in [0, 0.05) is 6.07 Å². The van der Waals surface area contributed by atoms with Crippen LogP contribution in [0, 0.1) is 12.8 Å². The van der Waals surface area contributed by atoms with E-state index in [9.17, 15) is 14.4 Å². The zero-order valence-electron chi connectivity index (χ0n) is 19.5. The number of amides is 1. The Morgan fingerprint density at radius 2 is 1.84 bits per heavy atom. The fourth-order valence-corrected chi connectivity index (χ4v) is 3.22. The number of esters is 1. The van der Waals surface area contributed by atoms with Gasteiger partial charge in [0.25, 0.3) is 0 Å². The van der Waals surface area contributed by atoms with Crippen LogP contribution < -0.4 is 15.7 Å². The summed E-state index contributed by atoms with van der Waals surface area (Å²) in [4.78, 5) is 37.2. The predicted octanol–water partition coefficient (Wildman–Crippen LogP) is 4.90. The minimum Gasteiger partial charge on any atom is -0.444 e. The maximum Gasteiger partial charge on any atom is 0.408 e. The number of benzene rings is 1. The molecule has 1 atom stereocenters. The molecule has 1 amide bonds. The van der Waals surface area contributed by atoms with E-state index >= 15 is 0 Å². The molecule has 0 fully saturated rings. The third-order valence-electron chi connectivity index (χ3n) is 4.64. The lowest BCUT2D eigenvalue weighted by molar-refractivity contribution is -0.137. The van der Waals surface area contributed by atoms with E-state index in [2.05, 4.69) is 12.2 Å². The van der Waals surface area contributed by atoms with Crippen molar-refractivity contribution in [3.63, 3.8) is 0 Å². The van der Waals surface area contributed by atoms with Gasteiger partial charge >= 0.3 is 17.7 Å². The second-order valence-electron chi connectivity index (χ2n) is 9.12. The number of unbranched alkanes of at least 4 members (excludes halogenated alkanes) is 1. The minimum absolute atomic E-state index is 0.228. The number of hydrogen-bond acceptors (Lipinski definition) is 6. The van der Waals surface area contributed by atoms with Gasteiger partial charge in [0.05, 0.1) is 5.39 Å². The van der Waals surface area contributed by atoms with Crippen molar-refractivity contribution in [2.75, 3.05) is 0 Å². The summed E-state index contributed by atoms with van der Waals surface area (Å²) in [5, 5.41) is 3.21. The summed E-state index contributed by atoms with van der Waals surface area (Å²) in [6.07, 6.45) is 1.81. The lowest BCUT2D eigenvalue weighted by Crippen LogP contribution is -2.48. The highest BCUT2D eigenvalue weighted by atomic mass is 16.6. The molecule has 0 radical (unpaired) electrons. The third kappa shape index (κ3) is 6.84. The smallest absolute Gasteiger partial charge is 0.408 e. The molecule has 2 rings (SSSR count). The van der Waals surface area contributed by atoms with Gasteiger partial charge < -0.3 is 19.2 Å². The zero-order valence-corrected chi connectivity index (χ0v) is 19.5. The first-order valence-corrected chi connectivity index (χ1v) is 10.7. The molecule has 0 aliphatic rings. The lowest BCUT2D eigenvalue weighted by atomic mass is 10.0. The van der Waals surface area contributed by atoms with Gasteiger partial charge in [-0.1, -0.05) is 27.2 Å². The summed E-state index contributed by atoms with van der Waals surface area (Å²) >= 11 is 0. The van der Waals surface area contributed by atoms with Crippen molar-refractivity contribution in [1.82, 2.24) is 5.32 Å². The molecule has 1 N–H and O–H groups in total. The fourth-order valence-electron chi connectivity index (χ4n) is 3.22. The van der Waals surface area contributed by atoms with Crippen LogP contribution >= 0.6 is 0 Å². The molecule has 0 aliphatic heterocycles. The van der Waals surface area contributed by atoms with Crippen molar-refractivity contribution in [2.24, 2.45) is 5.92 Å². The van der Waals surface area contributed by atoms with Crippen molar-refractivity contribution in [1.29, 1.82) is 0 Å². The first-order valence-electron chi connectivity index (χ1n) is 10.7. The van der Waals surface area contributed by atoms with E-state index in [1.165, 1.54) is 6.07 Å². The van der Waals surface area contributed by atoms with Crippen molar-refractivity contribution in [2.45, 2.75) is 79.4 Å². The summed E-state index contributed by atoms with van der Waals surface area (Å²) in [6.45, 7) is 12.8. The molecule has 7 heteroatoms. The first-order chi connectivity index (χ1) is 14.4. The van der Waals surface area contributed by atoms with E-state index in [0.717, 1.165) is 24.0 Å². The molecule has 0 bridgehead atoms. The fraction of sp³-hybridized carbons (Fsp3) is 0.542. The number of fused-ring (bicyclic) bond motifs is 1. The van der Waals surface area contributed by atoms with Gasteiger partial charge in [0.15, 0.2) is 0 Å². The van der Waals surface area contributed by atoms with Gasteiger partial charge in [-0.15, -0.1) is 0 Å². The number of rotatable bonds is 7. The van der Waals surface area contributed by atoms with Gasteiger partial charge in [-0.05, 0) is 69.7 Å². The Kier molecular flexibility index (Phi) is 7.87. The highest BCUT2D eigenvalue weighted by Crippen LogP contribution is 2.31. The third-order valence-corrected chi connectivity index (χ3v) is 4.64. The van der Waals surface area contributed by atoms with Crippen molar-refractivity contribution in [3.8, 4) is 5.75 Å². The highest BCUT2D eigenvalue weighted by molar-refractivity contribution is 5.91. The van der Waals surface area contributed by atoms with E-state index in [0.29, 0.717) is 23.1 Å². The summed E-state index contributed by atoms with van der Waals surface area (Å²) in [5.74, 6) is -0.527. The van der Waals surface area contributed by atoms with Crippen LogP contribution in [0.15, 0.2) is 27.4 Å². The molecule has 0 spiro atoms. The average Bonchev–Trinajstić information content (AvgIpc) is 2.61. The Morgan fingerprint density at radius 3 is 2.42 bits per heavy atom. The monoisotopic (exact) mass is 431 g/mol. The molecule has 170 valence electrons. The molecule has 0 saturated carbocycles. The Balaban J connectivity index is 2.40. The highest BCUT2D eigenvalue weighted by Gasteiger charge is 2.29. The molecule has 0 unspecified atom stereocenters. The number of nitrogens with one attached hydrogen (secondary N) is 1. The van der Waals surface area contributed by atoms with E-state index in [1.54, 1.807) is 32.9 Å². The molecule has 0 saturated heterocycles. The van der Waals surface area contributed by atoms with Crippen LogP contribution in [0.5, 0.6) is 5.75 Å². The summed E-state index contributed by atoms with van der Waals surface area (Å²) in [5.41, 5.74) is 0.814. The zero-order chi connectivity index (χ0) is 23.3. The van der Waals surface area contributed by atoms with E-state index in [-0.39, 0.29) is 5.92 Å². The quantitative estimate of drug-likeness (QED) is 0.381. The molecule has 7 nitrogen and oxygen atoms in total. The number of carbonyl (C=O) groups excluding carboxylic acids is 2. The minimum atomic E-state index is -0.903. The molecular weight excluding hydrogens is 398 g/mol. The summed E-state index contributed by atoms with van der Waals surface area (Å²) in [6, 6.07) is 4.03. The van der Waals surface area contributed by atoms with E-state index < -0.39 is 29.3 Å². The summed E-state index contributed by atoms with van der Waals surface area (Å²) < 4.78 is 16.4. The topological polar surface area (TPSA) is 94.8 Å². The maximum absolute atomic E-state index is 13.0. The van der Waals surface area contributed by atoms with Crippen molar-refractivity contribution < 1.29 is 23.5 Å². The SMILES string of the molecule is CCCCc1cc(=O)oc2cc(C)cc(OC(=O)[C@H](NC(=O)OC(C)(C)C)C(C)C)c12. The first kappa shape index (κ1) is 24.4. The Labute approximate surface area is 183 Å². The number of alkyl carbamates (subject to hydrolysis) is 1. The number of carbonyl (C=O) groups is 2. The maximum atomic E-state index is 13.0. The molecule has 1 aromatic heterocycles.